The number of aromatic nitrogens is 2. The van der Waals surface area contributed by atoms with Gasteiger partial charge in [-0.1, -0.05) is 5.16 Å². The highest BCUT2D eigenvalue weighted by Crippen LogP contribution is 2.33. The fourth-order valence-corrected chi connectivity index (χ4v) is 3.60. The van der Waals surface area contributed by atoms with Crippen LogP contribution in [0, 0.1) is 0 Å². The van der Waals surface area contributed by atoms with Crippen LogP contribution in [0.25, 0.3) is 11.3 Å². The molecule has 0 radical (unpaired) electrons. The van der Waals surface area contributed by atoms with E-state index in [1.807, 2.05) is 35.2 Å². The minimum Gasteiger partial charge on any atom is -0.356 e. The summed E-state index contributed by atoms with van der Waals surface area (Å²) in [7, 11) is 0. The number of thioether (sulfide) groups is 1. The highest BCUT2D eigenvalue weighted by Gasteiger charge is 2.25. The van der Waals surface area contributed by atoms with Crippen LogP contribution in [0.2, 0.25) is 0 Å². The average Bonchev–Trinajstić information content (AvgIpc) is 3.29. The van der Waals surface area contributed by atoms with Crippen molar-refractivity contribution in [1.29, 1.82) is 0 Å². The number of hydrogen-bond acceptors (Lipinski definition) is 5. The minimum atomic E-state index is 0.128. The standard InChI is InChI=1S/C18H15N3O2S/c22-18(12-24-15-3-7-19-8-4-15)21-10-6-13-11-14(1-2-16(13)21)17-5-9-20-23-17/h1-5,7-9,11H,6,10,12H2. The molecule has 3 aromatic rings. The summed E-state index contributed by atoms with van der Waals surface area (Å²) in [5.74, 6) is 1.30. The fourth-order valence-electron chi connectivity index (χ4n) is 2.84. The second-order valence-electron chi connectivity index (χ2n) is 5.49. The molecule has 24 heavy (non-hydrogen) atoms. The lowest BCUT2D eigenvalue weighted by Crippen LogP contribution is -2.30. The highest BCUT2D eigenvalue weighted by molar-refractivity contribution is 8.00. The van der Waals surface area contributed by atoms with E-state index in [0.29, 0.717) is 5.75 Å². The number of carbonyl (C=O) groups excluding carboxylic acids is 1. The molecule has 0 saturated carbocycles. The van der Waals surface area contributed by atoms with Crippen molar-refractivity contribution in [1.82, 2.24) is 10.1 Å². The summed E-state index contributed by atoms with van der Waals surface area (Å²) >= 11 is 1.54. The number of carbonyl (C=O) groups is 1. The topological polar surface area (TPSA) is 59.2 Å². The van der Waals surface area contributed by atoms with Crippen LogP contribution >= 0.6 is 11.8 Å². The number of nitrogens with zero attached hydrogens (tertiary/aromatic N) is 3. The normalized spacial score (nSPS) is 13.1. The first-order chi connectivity index (χ1) is 11.8. The van der Waals surface area contributed by atoms with Crippen molar-refractivity contribution in [2.75, 3.05) is 17.2 Å². The van der Waals surface area contributed by atoms with Crippen LogP contribution in [0.15, 0.2) is 64.4 Å². The summed E-state index contributed by atoms with van der Waals surface area (Å²) < 4.78 is 5.20. The maximum atomic E-state index is 12.6. The van der Waals surface area contributed by atoms with Crippen molar-refractivity contribution >= 4 is 23.4 Å². The monoisotopic (exact) mass is 337 g/mol. The Balaban J connectivity index is 1.48. The molecule has 1 aliphatic heterocycles. The van der Waals surface area contributed by atoms with Crippen LogP contribution in [0.1, 0.15) is 5.56 Å². The number of benzene rings is 1. The molecule has 5 nitrogen and oxygen atoms in total. The van der Waals surface area contributed by atoms with Crippen LogP contribution in [0.3, 0.4) is 0 Å². The summed E-state index contributed by atoms with van der Waals surface area (Å²) in [6, 6.07) is 11.7. The molecule has 2 aromatic heterocycles. The van der Waals surface area contributed by atoms with E-state index < -0.39 is 0 Å². The van der Waals surface area contributed by atoms with Gasteiger partial charge in [-0.15, -0.1) is 11.8 Å². The van der Waals surface area contributed by atoms with Crippen LogP contribution in [-0.2, 0) is 11.2 Å². The Labute approximate surface area is 143 Å². The van der Waals surface area contributed by atoms with Gasteiger partial charge in [0.2, 0.25) is 5.91 Å². The van der Waals surface area contributed by atoms with E-state index in [1.54, 1.807) is 18.6 Å². The molecule has 0 saturated heterocycles. The lowest BCUT2D eigenvalue weighted by atomic mass is 10.1. The number of pyridine rings is 1. The molecule has 1 amide bonds. The summed E-state index contributed by atoms with van der Waals surface area (Å²) in [4.78, 5) is 19.5. The van der Waals surface area contributed by atoms with E-state index in [4.69, 9.17) is 4.52 Å². The van der Waals surface area contributed by atoms with Crippen molar-refractivity contribution in [3.05, 3.63) is 60.6 Å². The zero-order valence-electron chi connectivity index (χ0n) is 12.9. The van der Waals surface area contributed by atoms with Crippen molar-refractivity contribution in [2.45, 2.75) is 11.3 Å². The smallest absolute Gasteiger partial charge is 0.237 e. The third-order valence-electron chi connectivity index (χ3n) is 4.01. The Morgan fingerprint density at radius 2 is 2.04 bits per heavy atom. The van der Waals surface area contributed by atoms with E-state index >= 15 is 0 Å². The first kappa shape index (κ1) is 15.0. The van der Waals surface area contributed by atoms with E-state index in [0.717, 1.165) is 34.9 Å². The van der Waals surface area contributed by atoms with Gasteiger partial charge >= 0.3 is 0 Å². The molecule has 0 unspecified atom stereocenters. The van der Waals surface area contributed by atoms with E-state index in [9.17, 15) is 4.79 Å². The highest BCUT2D eigenvalue weighted by atomic mass is 32.2. The van der Waals surface area contributed by atoms with Gasteiger partial charge in [-0.25, -0.2) is 0 Å². The van der Waals surface area contributed by atoms with Gasteiger partial charge in [-0.05, 0) is 42.3 Å². The zero-order chi connectivity index (χ0) is 16.4. The van der Waals surface area contributed by atoms with Gasteiger partial charge in [0.15, 0.2) is 5.76 Å². The van der Waals surface area contributed by atoms with Crippen molar-refractivity contribution in [2.24, 2.45) is 0 Å². The molecule has 0 aliphatic carbocycles. The molecule has 0 N–H and O–H groups in total. The summed E-state index contributed by atoms with van der Waals surface area (Å²) in [5, 5.41) is 3.74. The quantitative estimate of drug-likeness (QED) is 0.683. The molecule has 0 bridgehead atoms. The molecule has 1 aliphatic rings. The van der Waals surface area contributed by atoms with Crippen molar-refractivity contribution < 1.29 is 9.32 Å². The van der Waals surface area contributed by atoms with Crippen LogP contribution < -0.4 is 4.90 Å². The molecular formula is C18H15N3O2S. The van der Waals surface area contributed by atoms with E-state index in [1.165, 1.54) is 17.3 Å². The Kier molecular flexibility index (Phi) is 4.04. The van der Waals surface area contributed by atoms with Crippen LogP contribution in [-0.4, -0.2) is 28.3 Å². The first-order valence-electron chi connectivity index (χ1n) is 7.68. The molecule has 1 aromatic carbocycles. The van der Waals surface area contributed by atoms with Gasteiger partial charge < -0.3 is 9.42 Å². The van der Waals surface area contributed by atoms with Crippen molar-refractivity contribution in [3.63, 3.8) is 0 Å². The molecule has 0 fully saturated rings. The van der Waals surface area contributed by atoms with Crippen LogP contribution in [0.4, 0.5) is 5.69 Å². The number of fused-ring (bicyclic) bond motifs is 1. The number of hydrogen-bond donors (Lipinski definition) is 0. The molecule has 0 atom stereocenters. The maximum absolute atomic E-state index is 12.6. The number of anilines is 1. The molecule has 6 heteroatoms. The molecule has 4 rings (SSSR count). The lowest BCUT2D eigenvalue weighted by molar-refractivity contribution is -0.116. The van der Waals surface area contributed by atoms with Crippen LogP contribution in [0.5, 0.6) is 0 Å². The van der Waals surface area contributed by atoms with E-state index in [-0.39, 0.29) is 5.91 Å². The summed E-state index contributed by atoms with van der Waals surface area (Å²) in [5.41, 5.74) is 3.16. The SMILES string of the molecule is O=C(CSc1ccncc1)N1CCc2cc(-c3ccno3)ccc21. The predicted molar refractivity (Wildman–Crippen MR) is 93.0 cm³/mol. The Morgan fingerprint density at radius 3 is 2.83 bits per heavy atom. The largest absolute Gasteiger partial charge is 0.356 e. The Bertz CT molecular complexity index is 850. The number of amides is 1. The predicted octanol–water partition coefficient (Wildman–Crippen LogP) is 3.42. The van der Waals surface area contributed by atoms with Gasteiger partial charge in [0.25, 0.3) is 0 Å². The van der Waals surface area contributed by atoms with Gasteiger partial charge in [0, 0.05) is 41.2 Å². The minimum absolute atomic E-state index is 0.128. The molecule has 120 valence electrons. The third kappa shape index (κ3) is 2.92. The summed E-state index contributed by atoms with van der Waals surface area (Å²) in [6.45, 7) is 0.727. The average molecular weight is 337 g/mol. The third-order valence-corrected chi connectivity index (χ3v) is 5.01. The van der Waals surface area contributed by atoms with Gasteiger partial charge in [-0.3, -0.25) is 9.78 Å². The van der Waals surface area contributed by atoms with Crippen molar-refractivity contribution in [3.8, 4) is 11.3 Å². The van der Waals surface area contributed by atoms with Gasteiger partial charge in [0.1, 0.15) is 0 Å². The van der Waals surface area contributed by atoms with Gasteiger partial charge in [-0.2, -0.15) is 0 Å². The zero-order valence-corrected chi connectivity index (χ0v) is 13.7. The lowest BCUT2D eigenvalue weighted by Gasteiger charge is -2.17. The Hall–Kier alpha value is -2.60. The first-order valence-corrected chi connectivity index (χ1v) is 8.67. The second-order valence-corrected chi connectivity index (χ2v) is 6.54. The number of rotatable bonds is 4. The second kappa shape index (κ2) is 6.49. The fraction of sp³-hybridized carbons (Fsp3) is 0.167. The van der Waals surface area contributed by atoms with Gasteiger partial charge in [0.05, 0.1) is 11.9 Å². The summed E-state index contributed by atoms with van der Waals surface area (Å²) in [6.07, 6.45) is 5.98. The Morgan fingerprint density at radius 1 is 1.17 bits per heavy atom. The molecule has 3 heterocycles. The molecular weight excluding hydrogens is 322 g/mol. The van der Waals surface area contributed by atoms with E-state index in [2.05, 4.69) is 16.2 Å². The maximum Gasteiger partial charge on any atom is 0.237 e. The molecule has 0 spiro atoms.